The Kier molecular flexibility index (Phi) is 5.93. The van der Waals surface area contributed by atoms with Gasteiger partial charge in [-0.25, -0.2) is 9.59 Å². The Labute approximate surface area is 157 Å². The van der Waals surface area contributed by atoms with Crippen LogP contribution < -0.4 is 10.6 Å². The van der Waals surface area contributed by atoms with Crippen molar-refractivity contribution < 1.29 is 14.3 Å². The van der Waals surface area contributed by atoms with Crippen LogP contribution in [0.3, 0.4) is 0 Å². The minimum Gasteiger partial charge on any atom is -0.462 e. The van der Waals surface area contributed by atoms with Crippen LogP contribution in [0, 0.1) is 6.92 Å². The second-order valence-corrected chi connectivity index (χ2v) is 7.54. The molecule has 2 aromatic rings. The molecule has 0 atom stereocenters. The Hall–Kier alpha value is -2.34. The van der Waals surface area contributed by atoms with Gasteiger partial charge < -0.3 is 10.1 Å². The van der Waals surface area contributed by atoms with Crippen LogP contribution in [0.15, 0.2) is 24.3 Å². The maximum absolute atomic E-state index is 12.4. The second kappa shape index (κ2) is 8.36. The van der Waals surface area contributed by atoms with Crippen LogP contribution in [0.5, 0.6) is 0 Å². The number of carbonyl (C=O) groups is 2. The number of carbonyl (C=O) groups excluding carboxylic acids is 2. The minimum atomic E-state index is -0.346. The van der Waals surface area contributed by atoms with Crippen molar-refractivity contribution in [3.63, 3.8) is 0 Å². The van der Waals surface area contributed by atoms with Crippen molar-refractivity contribution in [3.8, 4) is 0 Å². The number of benzene rings is 1. The summed E-state index contributed by atoms with van der Waals surface area (Å²) in [5.41, 5.74) is 3.78. The highest BCUT2D eigenvalue weighted by Gasteiger charge is 2.27. The van der Waals surface area contributed by atoms with Gasteiger partial charge in [0.1, 0.15) is 5.00 Å². The number of esters is 1. The maximum atomic E-state index is 12.4. The Morgan fingerprint density at radius 3 is 2.81 bits per heavy atom. The highest BCUT2D eigenvalue weighted by molar-refractivity contribution is 7.17. The minimum absolute atomic E-state index is 0.310. The van der Waals surface area contributed by atoms with Crippen molar-refractivity contribution in [1.29, 1.82) is 0 Å². The molecule has 5 nitrogen and oxygen atoms in total. The summed E-state index contributed by atoms with van der Waals surface area (Å²) < 4.78 is 5.21. The van der Waals surface area contributed by atoms with Crippen LogP contribution in [0.2, 0.25) is 0 Å². The van der Waals surface area contributed by atoms with E-state index in [1.54, 1.807) is 6.92 Å². The van der Waals surface area contributed by atoms with Crippen LogP contribution in [0.1, 0.15) is 51.7 Å². The first-order chi connectivity index (χ1) is 12.6. The fourth-order valence-corrected chi connectivity index (χ4v) is 4.50. The summed E-state index contributed by atoms with van der Waals surface area (Å²) in [4.78, 5) is 25.9. The molecular weight excluding hydrogens is 348 g/mol. The lowest BCUT2D eigenvalue weighted by atomic mass is 9.95. The summed E-state index contributed by atoms with van der Waals surface area (Å²) in [6.45, 7) is 4.57. The number of nitrogens with one attached hydrogen (secondary N) is 2. The number of thiophene rings is 1. The van der Waals surface area contributed by atoms with E-state index in [2.05, 4.69) is 10.6 Å². The van der Waals surface area contributed by atoms with Gasteiger partial charge in [0.2, 0.25) is 0 Å². The van der Waals surface area contributed by atoms with E-state index < -0.39 is 0 Å². The standard InChI is InChI=1S/C20H24N2O3S/c1-3-25-19(23)17-15-9-4-5-10-16(15)26-18(17)22-20(24)21-12-14-8-6-7-13(2)11-14/h6-8,11H,3-5,9-10,12H2,1-2H3,(H2,21,22,24). The van der Waals surface area contributed by atoms with E-state index in [0.29, 0.717) is 23.7 Å². The predicted octanol–water partition coefficient (Wildman–Crippen LogP) is 4.43. The lowest BCUT2D eigenvalue weighted by Gasteiger charge is -2.12. The molecule has 1 aliphatic rings. The molecule has 0 bridgehead atoms. The lowest BCUT2D eigenvalue weighted by Crippen LogP contribution is -2.28. The molecule has 0 radical (unpaired) electrons. The lowest BCUT2D eigenvalue weighted by molar-refractivity contribution is 0.0526. The normalized spacial score (nSPS) is 13.0. The average Bonchev–Trinajstić information content (AvgIpc) is 2.98. The molecule has 0 saturated carbocycles. The Morgan fingerprint density at radius 2 is 2.04 bits per heavy atom. The van der Waals surface area contributed by atoms with Gasteiger partial charge >= 0.3 is 12.0 Å². The first-order valence-electron chi connectivity index (χ1n) is 9.00. The Balaban J connectivity index is 1.73. The van der Waals surface area contributed by atoms with Gasteiger partial charge in [0.25, 0.3) is 0 Å². The van der Waals surface area contributed by atoms with Crippen LogP contribution in [0.25, 0.3) is 0 Å². The zero-order valence-corrected chi connectivity index (χ0v) is 16.0. The van der Waals surface area contributed by atoms with Crippen molar-refractivity contribution in [1.82, 2.24) is 5.32 Å². The molecule has 1 heterocycles. The smallest absolute Gasteiger partial charge is 0.341 e. The summed E-state index contributed by atoms with van der Waals surface area (Å²) in [5.74, 6) is -0.346. The van der Waals surface area contributed by atoms with Crippen molar-refractivity contribution in [2.45, 2.75) is 46.1 Å². The van der Waals surface area contributed by atoms with E-state index in [0.717, 1.165) is 42.4 Å². The number of ether oxygens (including phenoxy) is 1. The van der Waals surface area contributed by atoms with Crippen molar-refractivity contribution in [2.75, 3.05) is 11.9 Å². The number of amides is 2. The number of urea groups is 1. The molecule has 1 aromatic heterocycles. The van der Waals surface area contributed by atoms with Crippen molar-refractivity contribution >= 4 is 28.3 Å². The zero-order chi connectivity index (χ0) is 18.5. The predicted molar refractivity (Wildman–Crippen MR) is 104 cm³/mol. The molecule has 0 saturated heterocycles. The van der Waals surface area contributed by atoms with Gasteiger partial charge in [-0.1, -0.05) is 29.8 Å². The average molecular weight is 372 g/mol. The van der Waals surface area contributed by atoms with Crippen LogP contribution in [0.4, 0.5) is 9.80 Å². The first-order valence-corrected chi connectivity index (χ1v) is 9.82. The van der Waals surface area contributed by atoms with Gasteiger partial charge in [-0.2, -0.15) is 0 Å². The molecule has 6 heteroatoms. The summed E-state index contributed by atoms with van der Waals surface area (Å²) >= 11 is 1.50. The molecular formula is C20H24N2O3S. The van der Waals surface area contributed by atoms with Gasteiger partial charge in [-0.05, 0) is 50.7 Å². The molecule has 0 aliphatic heterocycles. The first kappa shape index (κ1) is 18.5. The van der Waals surface area contributed by atoms with Crippen molar-refractivity contribution in [3.05, 3.63) is 51.4 Å². The van der Waals surface area contributed by atoms with E-state index in [1.807, 2.05) is 31.2 Å². The van der Waals surface area contributed by atoms with Crippen LogP contribution in [-0.2, 0) is 24.1 Å². The third-order valence-corrected chi connectivity index (χ3v) is 5.62. The number of hydrogen-bond donors (Lipinski definition) is 2. The topological polar surface area (TPSA) is 67.4 Å². The highest BCUT2D eigenvalue weighted by atomic mass is 32.1. The van der Waals surface area contributed by atoms with Gasteiger partial charge in [-0.3, -0.25) is 5.32 Å². The Bertz CT molecular complexity index is 813. The van der Waals surface area contributed by atoms with Gasteiger partial charge in [0, 0.05) is 11.4 Å². The summed E-state index contributed by atoms with van der Waals surface area (Å²) in [6, 6.07) is 7.69. The van der Waals surface area contributed by atoms with Crippen LogP contribution >= 0.6 is 11.3 Å². The van der Waals surface area contributed by atoms with E-state index in [9.17, 15) is 9.59 Å². The SMILES string of the molecule is CCOC(=O)c1c(NC(=O)NCc2cccc(C)c2)sc2c1CCCC2. The zero-order valence-electron chi connectivity index (χ0n) is 15.2. The van der Waals surface area contributed by atoms with Gasteiger partial charge in [0.05, 0.1) is 12.2 Å². The number of anilines is 1. The van der Waals surface area contributed by atoms with E-state index in [-0.39, 0.29) is 12.0 Å². The third-order valence-electron chi connectivity index (χ3n) is 4.41. The van der Waals surface area contributed by atoms with E-state index in [4.69, 9.17) is 4.74 Å². The molecule has 2 amide bonds. The van der Waals surface area contributed by atoms with Gasteiger partial charge in [0.15, 0.2) is 0 Å². The van der Waals surface area contributed by atoms with Crippen molar-refractivity contribution in [2.24, 2.45) is 0 Å². The summed E-state index contributed by atoms with van der Waals surface area (Å²) in [5, 5.41) is 6.31. The van der Waals surface area contributed by atoms with E-state index >= 15 is 0 Å². The molecule has 0 fully saturated rings. The fraction of sp³-hybridized carbons (Fsp3) is 0.400. The molecule has 0 unspecified atom stereocenters. The van der Waals surface area contributed by atoms with Gasteiger partial charge in [-0.15, -0.1) is 11.3 Å². The fourth-order valence-electron chi connectivity index (χ4n) is 3.22. The number of aryl methyl sites for hydroxylation is 2. The number of hydrogen-bond acceptors (Lipinski definition) is 4. The maximum Gasteiger partial charge on any atom is 0.341 e. The number of fused-ring (bicyclic) bond motifs is 1. The molecule has 0 spiro atoms. The second-order valence-electron chi connectivity index (χ2n) is 6.43. The quantitative estimate of drug-likeness (QED) is 0.763. The third kappa shape index (κ3) is 4.25. The molecule has 138 valence electrons. The molecule has 3 rings (SSSR count). The van der Waals surface area contributed by atoms with Crippen LogP contribution in [-0.4, -0.2) is 18.6 Å². The Morgan fingerprint density at radius 1 is 1.23 bits per heavy atom. The number of rotatable bonds is 5. The molecule has 26 heavy (non-hydrogen) atoms. The summed E-state index contributed by atoms with van der Waals surface area (Å²) in [7, 11) is 0. The van der Waals surface area contributed by atoms with E-state index in [1.165, 1.54) is 16.2 Å². The monoisotopic (exact) mass is 372 g/mol. The molecule has 1 aliphatic carbocycles. The largest absolute Gasteiger partial charge is 0.462 e. The molecule has 1 aromatic carbocycles. The summed E-state index contributed by atoms with van der Waals surface area (Å²) in [6.07, 6.45) is 4.01. The molecule has 2 N–H and O–H groups in total. The highest BCUT2D eigenvalue weighted by Crippen LogP contribution is 2.38.